The molecule has 0 atom stereocenters. The fraction of sp³-hybridized carbons (Fsp3) is 0.0667. The predicted octanol–water partition coefficient (Wildman–Crippen LogP) is 4.54. The van der Waals surface area contributed by atoms with Crippen LogP contribution in [-0.2, 0) is 0 Å². The fourth-order valence-electron chi connectivity index (χ4n) is 1.71. The van der Waals surface area contributed by atoms with E-state index in [1.165, 1.54) is 0 Å². The van der Waals surface area contributed by atoms with Gasteiger partial charge in [-0.25, -0.2) is 0 Å². The van der Waals surface area contributed by atoms with Crippen molar-refractivity contribution in [3.05, 3.63) is 63.1 Å². The number of aryl methyl sites for hydroxylation is 1. The van der Waals surface area contributed by atoms with Crippen molar-refractivity contribution in [2.45, 2.75) is 6.92 Å². The van der Waals surface area contributed by atoms with Crippen molar-refractivity contribution in [2.75, 3.05) is 5.32 Å². The van der Waals surface area contributed by atoms with Crippen molar-refractivity contribution < 1.29 is 4.79 Å². The molecule has 6 heteroatoms. The van der Waals surface area contributed by atoms with Crippen LogP contribution in [0.5, 0.6) is 0 Å². The molecule has 0 fully saturated rings. The molecule has 0 bridgehead atoms. The molecule has 2 rings (SSSR count). The molecular formula is C15H12BrClN2OS. The maximum atomic E-state index is 12.1. The van der Waals surface area contributed by atoms with Crippen molar-refractivity contribution in [1.82, 2.24) is 5.32 Å². The molecule has 1 amide bonds. The van der Waals surface area contributed by atoms with E-state index >= 15 is 0 Å². The number of nitrogens with one attached hydrogen (secondary N) is 2. The molecule has 0 saturated carbocycles. The number of anilines is 1. The van der Waals surface area contributed by atoms with Crippen LogP contribution < -0.4 is 10.6 Å². The Hall–Kier alpha value is -1.43. The summed E-state index contributed by atoms with van der Waals surface area (Å²) in [6.07, 6.45) is 0. The first-order chi connectivity index (χ1) is 9.95. The third-order valence-corrected chi connectivity index (χ3v) is 3.70. The topological polar surface area (TPSA) is 41.1 Å². The van der Waals surface area contributed by atoms with Crippen molar-refractivity contribution >= 4 is 56.5 Å². The Bertz CT molecular complexity index is 706. The van der Waals surface area contributed by atoms with Crippen molar-refractivity contribution in [3.8, 4) is 0 Å². The Balaban J connectivity index is 2.03. The second-order valence-electron chi connectivity index (χ2n) is 4.40. The number of halogens is 2. The molecular weight excluding hydrogens is 372 g/mol. The normalized spacial score (nSPS) is 10.0. The third-order valence-electron chi connectivity index (χ3n) is 2.69. The van der Waals surface area contributed by atoms with Crippen LogP contribution in [0.25, 0.3) is 0 Å². The zero-order valence-electron chi connectivity index (χ0n) is 11.1. The van der Waals surface area contributed by atoms with Gasteiger partial charge in [-0.1, -0.05) is 45.2 Å². The number of benzene rings is 2. The lowest BCUT2D eigenvalue weighted by Crippen LogP contribution is -2.34. The van der Waals surface area contributed by atoms with Crippen LogP contribution >= 0.6 is 39.7 Å². The first-order valence-electron chi connectivity index (χ1n) is 6.10. The van der Waals surface area contributed by atoms with Crippen LogP contribution in [0.1, 0.15) is 15.9 Å². The molecule has 0 saturated heterocycles. The van der Waals surface area contributed by atoms with Gasteiger partial charge in [-0.3, -0.25) is 10.1 Å². The standard InChI is InChI=1S/C15H12BrClN2OS/c1-9-3-2-4-10(7-9)14(20)19-15(21)18-13-6-5-11(16)8-12(13)17/h2-8H,1H3,(H2,18,19,20,21). The molecule has 0 radical (unpaired) electrons. The van der Waals surface area contributed by atoms with Gasteiger partial charge in [-0.15, -0.1) is 0 Å². The Morgan fingerprint density at radius 1 is 1.24 bits per heavy atom. The molecule has 0 heterocycles. The van der Waals surface area contributed by atoms with E-state index in [1.807, 2.05) is 25.1 Å². The largest absolute Gasteiger partial charge is 0.331 e. The molecule has 2 N–H and O–H groups in total. The molecule has 0 aliphatic heterocycles. The van der Waals surface area contributed by atoms with Crippen LogP contribution in [0.15, 0.2) is 46.9 Å². The molecule has 0 aliphatic carbocycles. The highest BCUT2D eigenvalue weighted by Gasteiger charge is 2.09. The van der Waals surface area contributed by atoms with Crippen LogP contribution in [-0.4, -0.2) is 11.0 Å². The minimum absolute atomic E-state index is 0.200. The first-order valence-corrected chi connectivity index (χ1v) is 7.67. The predicted molar refractivity (Wildman–Crippen MR) is 94.0 cm³/mol. The smallest absolute Gasteiger partial charge is 0.257 e. The maximum Gasteiger partial charge on any atom is 0.257 e. The summed E-state index contributed by atoms with van der Waals surface area (Å²) in [6, 6.07) is 12.6. The summed E-state index contributed by atoms with van der Waals surface area (Å²) in [5.41, 5.74) is 2.20. The fourth-order valence-corrected chi connectivity index (χ4v) is 2.63. The lowest BCUT2D eigenvalue weighted by atomic mass is 10.1. The summed E-state index contributed by atoms with van der Waals surface area (Å²) in [5.74, 6) is -0.260. The van der Waals surface area contributed by atoms with E-state index in [0.29, 0.717) is 16.3 Å². The summed E-state index contributed by atoms with van der Waals surface area (Å²) in [5, 5.41) is 6.23. The minimum atomic E-state index is -0.260. The summed E-state index contributed by atoms with van der Waals surface area (Å²) in [6.45, 7) is 1.93. The van der Waals surface area contributed by atoms with Gasteiger partial charge < -0.3 is 5.32 Å². The van der Waals surface area contributed by atoms with E-state index in [1.54, 1.807) is 24.3 Å². The van der Waals surface area contributed by atoms with E-state index in [9.17, 15) is 4.79 Å². The van der Waals surface area contributed by atoms with Gasteiger partial charge in [0.15, 0.2) is 5.11 Å². The van der Waals surface area contributed by atoms with Gasteiger partial charge in [0, 0.05) is 10.0 Å². The molecule has 3 nitrogen and oxygen atoms in total. The second-order valence-corrected chi connectivity index (χ2v) is 6.13. The molecule has 0 unspecified atom stereocenters. The SMILES string of the molecule is Cc1cccc(C(=O)NC(=S)Nc2ccc(Br)cc2Cl)c1. The Labute approximate surface area is 141 Å². The monoisotopic (exact) mass is 382 g/mol. The Morgan fingerprint density at radius 2 is 2.00 bits per heavy atom. The first kappa shape index (κ1) is 15.9. The lowest BCUT2D eigenvalue weighted by Gasteiger charge is -2.11. The molecule has 0 aliphatic rings. The van der Waals surface area contributed by atoms with Gasteiger partial charge in [-0.2, -0.15) is 0 Å². The van der Waals surface area contributed by atoms with E-state index in [-0.39, 0.29) is 11.0 Å². The van der Waals surface area contributed by atoms with E-state index in [4.69, 9.17) is 23.8 Å². The quantitative estimate of drug-likeness (QED) is 0.748. The number of carbonyl (C=O) groups excluding carboxylic acids is 1. The Morgan fingerprint density at radius 3 is 2.67 bits per heavy atom. The highest BCUT2D eigenvalue weighted by Crippen LogP contribution is 2.25. The molecule has 108 valence electrons. The molecule has 2 aromatic carbocycles. The third kappa shape index (κ3) is 4.52. The average molecular weight is 384 g/mol. The number of carbonyl (C=O) groups is 1. The summed E-state index contributed by atoms with van der Waals surface area (Å²) < 4.78 is 0.868. The van der Waals surface area contributed by atoms with Gasteiger partial charge in [0.1, 0.15) is 0 Å². The minimum Gasteiger partial charge on any atom is -0.331 e. The highest BCUT2D eigenvalue weighted by atomic mass is 79.9. The lowest BCUT2D eigenvalue weighted by molar-refractivity contribution is 0.0977. The van der Waals surface area contributed by atoms with Crippen LogP contribution in [0.3, 0.4) is 0 Å². The van der Waals surface area contributed by atoms with Gasteiger partial charge in [-0.05, 0) is 49.5 Å². The summed E-state index contributed by atoms with van der Waals surface area (Å²) in [4.78, 5) is 12.1. The number of thiocarbonyl (C=S) groups is 1. The summed E-state index contributed by atoms with van der Waals surface area (Å²) in [7, 11) is 0. The zero-order valence-corrected chi connectivity index (χ0v) is 14.3. The van der Waals surface area contributed by atoms with Gasteiger partial charge >= 0.3 is 0 Å². The zero-order chi connectivity index (χ0) is 15.4. The van der Waals surface area contributed by atoms with Crippen molar-refractivity contribution in [1.29, 1.82) is 0 Å². The molecule has 21 heavy (non-hydrogen) atoms. The van der Waals surface area contributed by atoms with Crippen LogP contribution in [0, 0.1) is 6.92 Å². The number of rotatable bonds is 2. The van der Waals surface area contributed by atoms with Crippen LogP contribution in [0.4, 0.5) is 5.69 Å². The van der Waals surface area contributed by atoms with Crippen LogP contribution in [0.2, 0.25) is 5.02 Å². The van der Waals surface area contributed by atoms with Crippen molar-refractivity contribution in [2.24, 2.45) is 0 Å². The molecule has 2 aromatic rings. The maximum absolute atomic E-state index is 12.1. The Kier molecular flexibility index (Phi) is 5.33. The van der Waals surface area contributed by atoms with Gasteiger partial charge in [0.25, 0.3) is 5.91 Å². The van der Waals surface area contributed by atoms with Gasteiger partial charge in [0.2, 0.25) is 0 Å². The van der Waals surface area contributed by atoms with E-state index < -0.39 is 0 Å². The molecule has 0 spiro atoms. The number of hydrogen-bond acceptors (Lipinski definition) is 2. The number of amides is 1. The van der Waals surface area contributed by atoms with Gasteiger partial charge in [0.05, 0.1) is 10.7 Å². The highest BCUT2D eigenvalue weighted by molar-refractivity contribution is 9.10. The van der Waals surface area contributed by atoms with E-state index in [0.717, 1.165) is 10.0 Å². The second kappa shape index (κ2) is 7.02. The summed E-state index contributed by atoms with van der Waals surface area (Å²) >= 11 is 14.5. The number of hydrogen-bond donors (Lipinski definition) is 2. The van der Waals surface area contributed by atoms with E-state index in [2.05, 4.69) is 26.6 Å². The average Bonchev–Trinajstić information content (AvgIpc) is 2.42. The molecule has 0 aromatic heterocycles. The van der Waals surface area contributed by atoms with Crippen molar-refractivity contribution in [3.63, 3.8) is 0 Å².